The van der Waals surface area contributed by atoms with Crippen LogP contribution in [0.2, 0.25) is 0 Å². The molecule has 94 valence electrons. The molecule has 2 N–H and O–H groups in total. The van der Waals surface area contributed by atoms with Crippen molar-refractivity contribution in [1.29, 1.82) is 0 Å². The zero-order chi connectivity index (χ0) is 12.7. The Kier molecular flexibility index (Phi) is 6.53. The first kappa shape index (κ1) is 14.5. The summed E-state index contributed by atoms with van der Waals surface area (Å²) in [4.78, 5) is 0. The first-order valence-electron chi connectivity index (χ1n) is 6.27. The van der Waals surface area contributed by atoms with E-state index in [0.717, 1.165) is 17.3 Å². The van der Waals surface area contributed by atoms with Gasteiger partial charge in [0, 0.05) is 10.5 Å². The van der Waals surface area contributed by atoms with Gasteiger partial charge in [-0.25, -0.2) is 0 Å². The van der Waals surface area contributed by atoms with Gasteiger partial charge in [-0.2, -0.15) is 0 Å². The number of rotatable bonds is 7. The van der Waals surface area contributed by atoms with Crippen molar-refractivity contribution in [2.75, 3.05) is 0 Å². The zero-order valence-corrected chi connectivity index (χ0v) is 12.2. The highest BCUT2D eigenvalue weighted by molar-refractivity contribution is 9.10. The van der Waals surface area contributed by atoms with Crippen molar-refractivity contribution in [3.63, 3.8) is 0 Å². The van der Waals surface area contributed by atoms with E-state index in [1.807, 2.05) is 6.08 Å². The van der Waals surface area contributed by atoms with E-state index in [1.165, 1.54) is 30.4 Å². The predicted octanol–water partition coefficient (Wildman–Crippen LogP) is 4.89. The van der Waals surface area contributed by atoms with Crippen LogP contribution in [0.1, 0.15) is 49.3 Å². The Balaban J connectivity index is 2.43. The molecule has 1 atom stereocenters. The van der Waals surface area contributed by atoms with Gasteiger partial charge >= 0.3 is 0 Å². The van der Waals surface area contributed by atoms with Crippen LogP contribution in [0.25, 0.3) is 0 Å². The molecule has 0 aliphatic carbocycles. The minimum absolute atomic E-state index is 0.146. The number of allylic oxidation sites excluding steroid dienone is 1. The van der Waals surface area contributed by atoms with Crippen molar-refractivity contribution in [2.45, 2.75) is 45.1 Å². The van der Waals surface area contributed by atoms with Crippen LogP contribution in [-0.4, -0.2) is 0 Å². The summed E-state index contributed by atoms with van der Waals surface area (Å²) in [5.41, 5.74) is 8.73. The zero-order valence-electron chi connectivity index (χ0n) is 10.6. The number of aryl methyl sites for hydroxylation is 1. The summed E-state index contributed by atoms with van der Waals surface area (Å²) in [7, 11) is 0. The number of hydrogen-bond donors (Lipinski definition) is 1. The molecule has 0 heterocycles. The van der Waals surface area contributed by atoms with Crippen LogP contribution < -0.4 is 5.73 Å². The fourth-order valence-electron chi connectivity index (χ4n) is 1.93. The minimum Gasteiger partial charge on any atom is -0.324 e. The van der Waals surface area contributed by atoms with Gasteiger partial charge in [-0.05, 0) is 37.8 Å². The van der Waals surface area contributed by atoms with E-state index in [2.05, 4.69) is 47.6 Å². The molecule has 0 saturated heterocycles. The molecule has 0 amide bonds. The van der Waals surface area contributed by atoms with Gasteiger partial charge in [0.25, 0.3) is 0 Å². The van der Waals surface area contributed by atoms with Crippen molar-refractivity contribution in [3.05, 3.63) is 46.5 Å². The van der Waals surface area contributed by atoms with Gasteiger partial charge < -0.3 is 5.73 Å². The minimum atomic E-state index is 0.146. The van der Waals surface area contributed by atoms with Gasteiger partial charge in [-0.15, -0.1) is 6.58 Å². The lowest BCUT2D eigenvalue weighted by Gasteiger charge is -2.14. The highest BCUT2D eigenvalue weighted by atomic mass is 79.9. The van der Waals surface area contributed by atoms with E-state index in [-0.39, 0.29) is 6.04 Å². The SMILES string of the molecule is C=CCCCCCC(N)c1cc(C)ccc1Br. The topological polar surface area (TPSA) is 26.0 Å². The lowest BCUT2D eigenvalue weighted by atomic mass is 9.99. The van der Waals surface area contributed by atoms with Gasteiger partial charge in [-0.1, -0.05) is 52.5 Å². The molecule has 1 rings (SSSR count). The molecule has 0 aliphatic rings. The van der Waals surface area contributed by atoms with Crippen LogP contribution in [0.15, 0.2) is 35.3 Å². The largest absolute Gasteiger partial charge is 0.324 e. The van der Waals surface area contributed by atoms with E-state index < -0.39 is 0 Å². The molecule has 0 spiro atoms. The lowest BCUT2D eigenvalue weighted by Crippen LogP contribution is -2.11. The van der Waals surface area contributed by atoms with E-state index in [9.17, 15) is 0 Å². The van der Waals surface area contributed by atoms with Crippen LogP contribution >= 0.6 is 15.9 Å². The average Bonchev–Trinajstić information content (AvgIpc) is 2.32. The fourth-order valence-corrected chi connectivity index (χ4v) is 2.47. The first-order chi connectivity index (χ1) is 8.15. The van der Waals surface area contributed by atoms with Crippen molar-refractivity contribution in [1.82, 2.24) is 0 Å². The summed E-state index contributed by atoms with van der Waals surface area (Å²) in [6, 6.07) is 6.51. The maximum Gasteiger partial charge on any atom is 0.0306 e. The van der Waals surface area contributed by atoms with Crippen molar-refractivity contribution in [2.24, 2.45) is 5.73 Å². The van der Waals surface area contributed by atoms with Crippen LogP contribution in [0.5, 0.6) is 0 Å². The Morgan fingerprint density at radius 2 is 2.12 bits per heavy atom. The molecule has 1 aromatic rings. The second-order valence-electron chi connectivity index (χ2n) is 4.56. The number of benzene rings is 1. The predicted molar refractivity (Wildman–Crippen MR) is 79.1 cm³/mol. The molecule has 1 nitrogen and oxygen atoms in total. The summed E-state index contributed by atoms with van der Waals surface area (Å²) in [5, 5.41) is 0. The Labute approximate surface area is 113 Å². The van der Waals surface area contributed by atoms with E-state index in [1.54, 1.807) is 0 Å². The molecule has 0 aliphatic heterocycles. The smallest absolute Gasteiger partial charge is 0.0306 e. The lowest BCUT2D eigenvalue weighted by molar-refractivity contribution is 0.571. The first-order valence-corrected chi connectivity index (χ1v) is 7.07. The molecule has 0 radical (unpaired) electrons. The van der Waals surface area contributed by atoms with Crippen LogP contribution in [-0.2, 0) is 0 Å². The monoisotopic (exact) mass is 295 g/mol. The highest BCUT2D eigenvalue weighted by Crippen LogP contribution is 2.26. The molecule has 0 fully saturated rings. The Bertz CT molecular complexity index is 360. The number of unbranched alkanes of at least 4 members (excludes halogenated alkanes) is 3. The standard InChI is InChI=1S/C15H22BrN/c1-3-4-5-6-7-8-15(17)13-11-12(2)9-10-14(13)16/h3,9-11,15H,1,4-8,17H2,2H3. The molecule has 1 aromatic carbocycles. The third-order valence-corrected chi connectivity index (χ3v) is 3.70. The summed E-state index contributed by atoms with van der Waals surface area (Å²) in [6.45, 7) is 5.84. The summed E-state index contributed by atoms with van der Waals surface area (Å²) >= 11 is 3.57. The molecule has 17 heavy (non-hydrogen) atoms. The summed E-state index contributed by atoms with van der Waals surface area (Å²) in [5.74, 6) is 0. The second kappa shape index (κ2) is 7.67. The normalized spacial score (nSPS) is 12.4. The molecule has 0 saturated carbocycles. The van der Waals surface area contributed by atoms with E-state index in [4.69, 9.17) is 5.73 Å². The Morgan fingerprint density at radius 3 is 2.82 bits per heavy atom. The highest BCUT2D eigenvalue weighted by Gasteiger charge is 2.09. The maximum atomic E-state index is 6.23. The third kappa shape index (κ3) is 5.05. The van der Waals surface area contributed by atoms with Gasteiger partial charge in [0.1, 0.15) is 0 Å². The molecule has 1 unspecified atom stereocenters. The third-order valence-electron chi connectivity index (χ3n) is 2.97. The maximum absolute atomic E-state index is 6.23. The average molecular weight is 296 g/mol. The van der Waals surface area contributed by atoms with Crippen LogP contribution in [0.4, 0.5) is 0 Å². The molecule has 2 heteroatoms. The van der Waals surface area contributed by atoms with Crippen molar-refractivity contribution < 1.29 is 0 Å². The quantitative estimate of drug-likeness (QED) is 0.562. The number of halogens is 1. The summed E-state index contributed by atoms with van der Waals surface area (Å²) < 4.78 is 1.13. The van der Waals surface area contributed by atoms with Crippen molar-refractivity contribution in [3.8, 4) is 0 Å². The Hall–Kier alpha value is -0.600. The number of hydrogen-bond acceptors (Lipinski definition) is 1. The van der Waals surface area contributed by atoms with Gasteiger partial charge in [0.2, 0.25) is 0 Å². The van der Waals surface area contributed by atoms with Crippen molar-refractivity contribution >= 4 is 15.9 Å². The molecule has 0 aromatic heterocycles. The van der Waals surface area contributed by atoms with Gasteiger partial charge in [0.15, 0.2) is 0 Å². The van der Waals surface area contributed by atoms with E-state index >= 15 is 0 Å². The van der Waals surface area contributed by atoms with Gasteiger partial charge in [-0.3, -0.25) is 0 Å². The number of nitrogens with two attached hydrogens (primary N) is 1. The van der Waals surface area contributed by atoms with Gasteiger partial charge in [0.05, 0.1) is 0 Å². The Morgan fingerprint density at radius 1 is 1.35 bits per heavy atom. The van der Waals surface area contributed by atoms with Crippen LogP contribution in [0.3, 0.4) is 0 Å². The molecular weight excluding hydrogens is 274 g/mol. The molecule has 0 bridgehead atoms. The fraction of sp³-hybridized carbons (Fsp3) is 0.467. The summed E-state index contributed by atoms with van der Waals surface area (Å²) in [6.07, 6.45) is 7.81. The van der Waals surface area contributed by atoms with E-state index in [0.29, 0.717) is 0 Å². The molecular formula is C15H22BrN. The second-order valence-corrected chi connectivity index (χ2v) is 5.41. The van der Waals surface area contributed by atoms with Crippen LogP contribution in [0, 0.1) is 6.92 Å².